The number of fused-ring (bicyclic) bond motifs is 3. The first-order chi connectivity index (χ1) is 12.1. The summed E-state index contributed by atoms with van der Waals surface area (Å²) in [7, 11) is 1.62. The van der Waals surface area contributed by atoms with Gasteiger partial charge in [0.1, 0.15) is 12.1 Å². The maximum atomic E-state index is 14.2. The summed E-state index contributed by atoms with van der Waals surface area (Å²) >= 11 is 0. The summed E-state index contributed by atoms with van der Waals surface area (Å²) in [6.07, 6.45) is 4.43. The number of aromatic nitrogens is 6. The van der Waals surface area contributed by atoms with Crippen molar-refractivity contribution in [1.82, 2.24) is 28.9 Å². The number of imidazole rings is 1. The zero-order chi connectivity index (χ0) is 17.3. The van der Waals surface area contributed by atoms with Gasteiger partial charge in [-0.25, -0.2) is 9.37 Å². The van der Waals surface area contributed by atoms with Crippen molar-refractivity contribution in [3.8, 4) is 5.82 Å². The Morgan fingerprint density at radius 1 is 1.32 bits per heavy atom. The van der Waals surface area contributed by atoms with Gasteiger partial charge in [-0.15, -0.1) is 5.10 Å². The van der Waals surface area contributed by atoms with Crippen LogP contribution in [0.2, 0.25) is 0 Å². The number of hydrogen-bond donors (Lipinski definition) is 0. The fourth-order valence-corrected chi connectivity index (χ4v) is 3.55. The van der Waals surface area contributed by atoms with Crippen molar-refractivity contribution in [2.24, 2.45) is 13.0 Å². The van der Waals surface area contributed by atoms with E-state index in [2.05, 4.69) is 22.2 Å². The van der Waals surface area contributed by atoms with Crippen LogP contribution >= 0.6 is 0 Å². The van der Waals surface area contributed by atoms with E-state index in [1.165, 1.54) is 10.6 Å². The molecule has 126 valence electrons. The average Bonchev–Trinajstić information content (AvgIpc) is 3.02. The normalized spacial score (nSPS) is 19.8. The number of halogens is 1. The molecule has 4 aromatic rings. The van der Waals surface area contributed by atoms with Gasteiger partial charge in [0.25, 0.3) is 5.56 Å². The number of nitrogens with zero attached hydrogens (tertiary/aromatic N) is 6. The van der Waals surface area contributed by atoms with Crippen LogP contribution in [0.15, 0.2) is 35.5 Å². The van der Waals surface area contributed by atoms with Crippen LogP contribution in [-0.4, -0.2) is 28.9 Å². The molecule has 2 unspecified atom stereocenters. The lowest BCUT2D eigenvalue weighted by atomic mass is 10.2. The smallest absolute Gasteiger partial charge is 0.264 e. The third kappa shape index (κ3) is 1.84. The Kier molecular flexibility index (Phi) is 2.72. The van der Waals surface area contributed by atoms with E-state index in [-0.39, 0.29) is 5.39 Å². The Balaban J connectivity index is 1.87. The number of rotatable bonds is 2. The van der Waals surface area contributed by atoms with Gasteiger partial charge in [0, 0.05) is 13.0 Å². The molecule has 0 spiro atoms. The summed E-state index contributed by atoms with van der Waals surface area (Å²) < 4.78 is 19.0. The molecule has 1 aliphatic rings. The van der Waals surface area contributed by atoms with Gasteiger partial charge >= 0.3 is 0 Å². The van der Waals surface area contributed by atoms with E-state index in [0.717, 1.165) is 12.1 Å². The van der Waals surface area contributed by atoms with Crippen molar-refractivity contribution >= 4 is 16.6 Å². The molecule has 0 aliphatic heterocycles. The molecular formula is C17H15FN6O. The Bertz CT molecular complexity index is 1200. The van der Waals surface area contributed by atoms with E-state index in [1.807, 2.05) is 0 Å². The topological polar surface area (TPSA) is 70.0 Å². The van der Waals surface area contributed by atoms with Gasteiger partial charge in [0.2, 0.25) is 0 Å². The summed E-state index contributed by atoms with van der Waals surface area (Å²) in [6, 6.07) is 4.59. The third-order valence-corrected chi connectivity index (χ3v) is 5.08. The van der Waals surface area contributed by atoms with Crippen LogP contribution in [0.25, 0.3) is 22.4 Å². The highest BCUT2D eigenvalue weighted by Gasteiger charge is 2.38. The molecule has 0 saturated heterocycles. The summed E-state index contributed by atoms with van der Waals surface area (Å²) in [6.45, 7) is 2.18. The van der Waals surface area contributed by atoms with E-state index in [1.54, 1.807) is 40.8 Å². The molecule has 1 fully saturated rings. The number of hydrogen-bond acceptors (Lipinski definition) is 4. The zero-order valence-electron chi connectivity index (χ0n) is 13.7. The molecule has 1 aliphatic carbocycles. The molecule has 1 saturated carbocycles. The highest BCUT2D eigenvalue weighted by atomic mass is 19.1. The zero-order valence-corrected chi connectivity index (χ0v) is 13.7. The highest BCUT2D eigenvalue weighted by Crippen LogP contribution is 2.47. The summed E-state index contributed by atoms with van der Waals surface area (Å²) in [5, 5.41) is 8.25. The molecule has 0 bridgehead atoms. The van der Waals surface area contributed by atoms with Crippen LogP contribution < -0.4 is 5.56 Å². The molecule has 0 amide bonds. The highest BCUT2D eigenvalue weighted by molar-refractivity contribution is 5.82. The second-order valence-electron chi connectivity index (χ2n) is 6.65. The minimum Gasteiger partial charge on any atom is -0.294 e. The van der Waals surface area contributed by atoms with Gasteiger partial charge in [-0.3, -0.25) is 13.8 Å². The lowest BCUT2D eigenvalue weighted by Crippen LogP contribution is -2.21. The molecule has 7 nitrogen and oxygen atoms in total. The number of benzene rings is 1. The van der Waals surface area contributed by atoms with Crippen LogP contribution in [0.4, 0.5) is 4.39 Å². The van der Waals surface area contributed by atoms with Gasteiger partial charge in [-0.05, 0) is 24.5 Å². The lowest BCUT2D eigenvalue weighted by Gasteiger charge is -2.09. The van der Waals surface area contributed by atoms with Crippen molar-refractivity contribution in [3.05, 3.63) is 52.6 Å². The molecule has 3 heterocycles. The van der Waals surface area contributed by atoms with Crippen molar-refractivity contribution in [2.75, 3.05) is 0 Å². The molecule has 1 aromatic carbocycles. The Morgan fingerprint density at radius 3 is 2.88 bits per heavy atom. The molecule has 2 atom stereocenters. The fraction of sp³-hybridized carbons (Fsp3) is 0.294. The van der Waals surface area contributed by atoms with Crippen LogP contribution in [0.1, 0.15) is 25.0 Å². The second-order valence-corrected chi connectivity index (χ2v) is 6.65. The first-order valence-electron chi connectivity index (χ1n) is 8.13. The predicted octanol–water partition coefficient (Wildman–Crippen LogP) is 2.03. The van der Waals surface area contributed by atoms with E-state index in [0.29, 0.717) is 28.8 Å². The maximum absolute atomic E-state index is 14.2. The molecule has 0 radical (unpaired) electrons. The van der Waals surface area contributed by atoms with E-state index < -0.39 is 11.4 Å². The first-order valence-corrected chi connectivity index (χ1v) is 8.13. The Hall–Kier alpha value is -3.03. The Labute approximate surface area is 141 Å². The molecule has 8 heteroatoms. The van der Waals surface area contributed by atoms with Crippen LogP contribution in [-0.2, 0) is 7.05 Å². The summed E-state index contributed by atoms with van der Waals surface area (Å²) in [4.78, 5) is 17.2. The van der Waals surface area contributed by atoms with Gasteiger partial charge in [0.15, 0.2) is 11.5 Å². The van der Waals surface area contributed by atoms with Crippen LogP contribution in [0.3, 0.4) is 0 Å². The molecule has 0 N–H and O–H groups in total. The van der Waals surface area contributed by atoms with Gasteiger partial charge in [-0.1, -0.05) is 18.2 Å². The largest absolute Gasteiger partial charge is 0.294 e. The first kappa shape index (κ1) is 14.3. The van der Waals surface area contributed by atoms with Gasteiger partial charge in [0.05, 0.1) is 22.8 Å². The monoisotopic (exact) mass is 338 g/mol. The van der Waals surface area contributed by atoms with E-state index >= 15 is 0 Å². The molecule has 25 heavy (non-hydrogen) atoms. The minimum atomic E-state index is -0.538. The van der Waals surface area contributed by atoms with Gasteiger partial charge in [-0.2, -0.15) is 4.68 Å². The van der Waals surface area contributed by atoms with E-state index in [4.69, 9.17) is 0 Å². The second kappa shape index (κ2) is 4.75. The molecule has 3 aromatic heterocycles. The van der Waals surface area contributed by atoms with Crippen molar-refractivity contribution < 1.29 is 4.39 Å². The molecular weight excluding hydrogens is 323 g/mol. The van der Waals surface area contributed by atoms with Crippen molar-refractivity contribution in [1.29, 1.82) is 0 Å². The number of aryl methyl sites for hydroxylation is 1. The summed E-state index contributed by atoms with van der Waals surface area (Å²) in [5.74, 6) is 0.979. The quantitative estimate of drug-likeness (QED) is 0.561. The SMILES string of the molecule is CC1CC1c1cnnn1-c1ncn2c3cccc(F)c3c(=O)n(C)c12. The van der Waals surface area contributed by atoms with Gasteiger partial charge < -0.3 is 0 Å². The fourth-order valence-electron chi connectivity index (χ4n) is 3.55. The van der Waals surface area contributed by atoms with Crippen molar-refractivity contribution in [2.45, 2.75) is 19.3 Å². The van der Waals surface area contributed by atoms with Crippen LogP contribution in [0.5, 0.6) is 0 Å². The Morgan fingerprint density at radius 2 is 2.12 bits per heavy atom. The van der Waals surface area contributed by atoms with Crippen LogP contribution in [0, 0.1) is 11.7 Å². The average molecular weight is 338 g/mol. The predicted molar refractivity (Wildman–Crippen MR) is 89.3 cm³/mol. The summed E-state index contributed by atoms with van der Waals surface area (Å²) in [5.41, 5.74) is 1.63. The third-order valence-electron chi connectivity index (χ3n) is 5.08. The molecule has 5 rings (SSSR count). The van der Waals surface area contributed by atoms with Crippen molar-refractivity contribution in [3.63, 3.8) is 0 Å². The minimum absolute atomic E-state index is 0.0519. The maximum Gasteiger partial charge on any atom is 0.264 e. The lowest BCUT2D eigenvalue weighted by molar-refractivity contribution is 0.636. The standard InChI is InChI=1S/C17H15FN6O/c1-9-6-10(9)13-7-20-21-24(13)15-16-22(2)17(25)14-11(18)4-3-5-12(14)23(16)8-19-15/h3-5,7-10H,6H2,1-2H3. The van der Waals surface area contributed by atoms with E-state index in [9.17, 15) is 9.18 Å².